The van der Waals surface area contributed by atoms with Gasteiger partial charge in [-0.15, -0.1) is 0 Å². The number of carbonyl (C=O) groups excluding carboxylic acids is 1. The fourth-order valence-corrected chi connectivity index (χ4v) is 0.566. The second-order valence-corrected chi connectivity index (χ2v) is 2.26. The Morgan fingerprint density at radius 2 is 2.27 bits per heavy atom. The molecular weight excluding hydrogens is 146 g/mol. The molecule has 0 bridgehead atoms. The van der Waals surface area contributed by atoms with Crippen molar-refractivity contribution < 1.29 is 9.90 Å². The molecular formula is C6H15N3O2. The Kier molecular flexibility index (Phi) is 5.73. The molecule has 0 aliphatic carbocycles. The number of hydrogen-bond acceptors (Lipinski definition) is 4. The lowest BCUT2D eigenvalue weighted by molar-refractivity contribution is -0.125. The van der Waals surface area contributed by atoms with Gasteiger partial charge in [0.25, 0.3) is 0 Å². The van der Waals surface area contributed by atoms with Gasteiger partial charge in [0.2, 0.25) is 5.91 Å². The number of aliphatic hydroxyl groups is 1. The number of nitrogens with one attached hydrogen (secondary N) is 1. The van der Waals surface area contributed by atoms with Crippen LogP contribution < -0.4 is 16.8 Å². The second-order valence-electron chi connectivity index (χ2n) is 2.26. The lowest BCUT2D eigenvalue weighted by Gasteiger charge is -2.06. The molecule has 0 saturated heterocycles. The topological polar surface area (TPSA) is 101 Å². The van der Waals surface area contributed by atoms with E-state index in [-0.39, 0.29) is 6.54 Å². The molecule has 1 amide bonds. The summed E-state index contributed by atoms with van der Waals surface area (Å²) in [5.41, 5.74) is 10.0. The number of amides is 1. The van der Waals surface area contributed by atoms with Gasteiger partial charge in [0.1, 0.15) is 6.10 Å². The molecule has 0 saturated carbocycles. The Hall–Kier alpha value is -0.650. The van der Waals surface area contributed by atoms with Crippen LogP contribution in [-0.2, 0) is 4.79 Å². The quantitative estimate of drug-likeness (QED) is 0.331. The predicted octanol–water partition coefficient (Wildman–Crippen LogP) is -2.23. The Bertz CT molecular complexity index is 118. The molecule has 0 rings (SSSR count). The summed E-state index contributed by atoms with van der Waals surface area (Å²) < 4.78 is 0. The van der Waals surface area contributed by atoms with Gasteiger partial charge in [0.15, 0.2) is 0 Å². The summed E-state index contributed by atoms with van der Waals surface area (Å²) in [7, 11) is 0. The maximum Gasteiger partial charge on any atom is 0.247 e. The molecule has 0 aliphatic heterocycles. The fraction of sp³-hybridized carbons (Fsp3) is 0.833. The molecule has 0 spiro atoms. The van der Waals surface area contributed by atoms with Crippen molar-refractivity contribution in [2.45, 2.75) is 12.5 Å². The minimum atomic E-state index is -1.09. The molecule has 1 atom stereocenters. The van der Waals surface area contributed by atoms with Gasteiger partial charge in [0.05, 0.1) is 0 Å². The van der Waals surface area contributed by atoms with Gasteiger partial charge in [-0.2, -0.15) is 0 Å². The molecule has 5 heteroatoms. The van der Waals surface area contributed by atoms with E-state index in [9.17, 15) is 4.79 Å². The van der Waals surface area contributed by atoms with Gasteiger partial charge in [0, 0.05) is 6.54 Å². The van der Waals surface area contributed by atoms with Crippen LogP contribution in [0.3, 0.4) is 0 Å². The van der Waals surface area contributed by atoms with Crippen LogP contribution >= 0.6 is 0 Å². The Morgan fingerprint density at radius 3 is 2.73 bits per heavy atom. The molecule has 5 nitrogen and oxygen atoms in total. The van der Waals surface area contributed by atoms with Crippen LogP contribution in [-0.4, -0.2) is 36.8 Å². The number of nitrogens with two attached hydrogens (primary N) is 2. The lowest BCUT2D eigenvalue weighted by Crippen LogP contribution is -2.38. The van der Waals surface area contributed by atoms with Crippen molar-refractivity contribution in [1.82, 2.24) is 5.32 Å². The number of hydrogen-bond donors (Lipinski definition) is 4. The number of aliphatic hydroxyl groups excluding tert-OH is 1. The third-order valence-electron chi connectivity index (χ3n) is 1.22. The smallest absolute Gasteiger partial charge is 0.247 e. The van der Waals surface area contributed by atoms with Gasteiger partial charge in [-0.05, 0) is 19.5 Å². The van der Waals surface area contributed by atoms with Gasteiger partial charge < -0.3 is 21.9 Å². The predicted molar refractivity (Wildman–Crippen MR) is 41.7 cm³/mol. The molecule has 0 aromatic carbocycles. The summed E-state index contributed by atoms with van der Waals surface area (Å²) in [5, 5.41) is 11.7. The van der Waals surface area contributed by atoms with Crippen LogP contribution in [0.25, 0.3) is 0 Å². The maximum atomic E-state index is 10.3. The molecule has 0 fully saturated rings. The lowest BCUT2D eigenvalue weighted by atomic mass is 10.3. The molecule has 66 valence electrons. The van der Waals surface area contributed by atoms with Gasteiger partial charge in [-0.3, -0.25) is 4.79 Å². The van der Waals surface area contributed by atoms with Crippen molar-refractivity contribution in [2.24, 2.45) is 11.5 Å². The standard InChI is InChI=1S/C6H15N3O2/c7-2-1-3-9-4-5(10)6(8)11/h5,9-10H,1-4,7H2,(H2,8,11). The first kappa shape index (κ1) is 10.3. The van der Waals surface area contributed by atoms with Crippen LogP contribution in [0.2, 0.25) is 0 Å². The highest BCUT2D eigenvalue weighted by atomic mass is 16.3. The Balaban J connectivity index is 3.17. The first-order chi connectivity index (χ1) is 5.18. The Morgan fingerprint density at radius 1 is 1.64 bits per heavy atom. The van der Waals surface area contributed by atoms with Gasteiger partial charge in [-0.25, -0.2) is 0 Å². The molecule has 0 aliphatic rings. The minimum absolute atomic E-state index is 0.204. The van der Waals surface area contributed by atoms with Crippen molar-refractivity contribution in [1.29, 1.82) is 0 Å². The van der Waals surface area contributed by atoms with Crippen molar-refractivity contribution >= 4 is 5.91 Å². The van der Waals surface area contributed by atoms with E-state index in [1.807, 2.05) is 0 Å². The fourth-order valence-electron chi connectivity index (χ4n) is 0.566. The van der Waals surface area contributed by atoms with Gasteiger partial charge >= 0.3 is 0 Å². The summed E-state index contributed by atoms with van der Waals surface area (Å²) in [5.74, 6) is -0.703. The first-order valence-electron chi connectivity index (χ1n) is 3.56. The van der Waals surface area contributed by atoms with Crippen LogP contribution in [0.4, 0.5) is 0 Å². The highest BCUT2D eigenvalue weighted by molar-refractivity contribution is 5.78. The molecule has 0 heterocycles. The monoisotopic (exact) mass is 161 g/mol. The van der Waals surface area contributed by atoms with Crippen molar-refractivity contribution in [3.05, 3.63) is 0 Å². The summed E-state index contributed by atoms with van der Waals surface area (Å²) in [6.07, 6.45) is -0.265. The molecule has 1 unspecified atom stereocenters. The third-order valence-corrected chi connectivity index (χ3v) is 1.22. The van der Waals surface area contributed by atoms with E-state index >= 15 is 0 Å². The van der Waals surface area contributed by atoms with Crippen molar-refractivity contribution in [2.75, 3.05) is 19.6 Å². The Labute approximate surface area is 65.7 Å². The number of primary amides is 1. The first-order valence-corrected chi connectivity index (χ1v) is 3.56. The summed E-state index contributed by atoms with van der Waals surface area (Å²) in [6, 6.07) is 0. The van der Waals surface area contributed by atoms with Crippen molar-refractivity contribution in [3.63, 3.8) is 0 Å². The second kappa shape index (κ2) is 6.09. The van der Waals surface area contributed by atoms with Crippen molar-refractivity contribution in [3.8, 4) is 0 Å². The van der Waals surface area contributed by atoms with E-state index in [1.54, 1.807) is 0 Å². The molecule has 11 heavy (non-hydrogen) atoms. The average Bonchev–Trinajstić information content (AvgIpc) is 1.97. The highest BCUT2D eigenvalue weighted by Gasteiger charge is 2.08. The largest absolute Gasteiger partial charge is 0.382 e. The number of rotatable bonds is 6. The SMILES string of the molecule is NCCCNCC(O)C(N)=O. The normalized spacial score (nSPS) is 12.9. The summed E-state index contributed by atoms with van der Waals surface area (Å²) >= 11 is 0. The maximum absolute atomic E-state index is 10.3. The molecule has 0 aromatic heterocycles. The molecule has 0 aromatic rings. The zero-order chi connectivity index (χ0) is 8.69. The van der Waals surface area contributed by atoms with Crippen LogP contribution in [0, 0.1) is 0 Å². The zero-order valence-corrected chi connectivity index (χ0v) is 6.42. The highest BCUT2D eigenvalue weighted by Crippen LogP contribution is 1.77. The van der Waals surface area contributed by atoms with Crippen LogP contribution in [0.5, 0.6) is 0 Å². The van der Waals surface area contributed by atoms with E-state index in [1.165, 1.54) is 0 Å². The molecule has 0 radical (unpaired) electrons. The third kappa shape index (κ3) is 5.78. The summed E-state index contributed by atoms with van der Waals surface area (Å²) in [6.45, 7) is 1.50. The zero-order valence-electron chi connectivity index (χ0n) is 6.42. The van der Waals surface area contributed by atoms with Gasteiger partial charge in [-0.1, -0.05) is 0 Å². The average molecular weight is 161 g/mol. The van der Waals surface area contributed by atoms with E-state index in [4.69, 9.17) is 16.6 Å². The van der Waals surface area contributed by atoms with Crippen LogP contribution in [0.1, 0.15) is 6.42 Å². The van der Waals surface area contributed by atoms with E-state index in [0.717, 1.165) is 6.42 Å². The minimum Gasteiger partial charge on any atom is -0.382 e. The van der Waals surface area contributed by atoms with E-state index in [2.05, 4.69) is 5.32 Å². The van der Waals surface area contributed by atoms with E-state index < -0.39 is 12.0 Å². The molecule has 6 N–H and O–H groups in total. The van der Waals surface area contributed by atoms with Crippen LogP contribution in [0.15, 0.2) is 0 Å². The summed E-state index contributed by atoms with van der Waals surface area (Å²) in [4.78, 5) is 10.3. The number of carbonyl (C=O) groups is 1. The van der Waals surface area contributed by atoms with E-state index in [0.29, 0.717) is 13.1 Å².